The lowest BCUT2D eigenvalue weighted by molar-refractivity contribution is 0.576. The molecule has 1 aliphatic rings. The van der Waals surface area contributed by atoms with Gasteiger partial charge in [0.1, 0.15) is 0 Å². The molecular formula is C9H19N3. The van der Waals surface area contributed by atoms with Crippen molar-refractivity contribution < 1.29 is 0 Å². The van der Waals surface area contributed by atoms with Crippen LogP contribution in [0.15, 0.2) is 4.99 Å². The summed E-state index contributed by atoms with van der Waals surface area (Å²) in [6.07, 6.45) is 2.74. The van der Waals surface area contributed by atoms with Crippen LogP contribution >= 0.6 is 0 Å². The summed E-state index contributed by atoms with van der Waals surface area (Å²) in [6.45, 7) is 5.23. The molecule has 3 heteroatoms. The summed E-state index contributed by atoms with van der Waals surface area (Å²) in [6, 6.07) is 0.572. The van der Waals surface area contributed by atoms with E-state index in [-0.39, 0.29) is 0 Å². The van der Waals surface area contributed by atoms with Gasteiger partial charge in [-0.25, -0.2) is 0 Å². The Bertz CT molecular complexity index is 161. The van der Waals surface area contributed by atoms with Crippen LogP contribution in [0.3, 0.4) is 0 Å². The van der Waals surface area contributed by atoms with Gasteiger partial charge in [0.2, 0.25) is 0 Å². The number of aliphatic imine (C=N–C) groups is 1. The van der Waals surface area contributed by atoms with Crippen LogP contribution in [-0.2, 0) is 0 Å². The van der Waals surface area contributed by atoms with Gasteiger partial charge in [0.15, 0.2) is 5.96 Å². The maximum Gasteiger partial charge on any atom is 0.191 e. The molecule has 1 unspecified atom stereocenters. The van der Waals surface area contributed by atoms with Crippen molar-refractivity contribution in [3.05, 3.63) is 0 Å². The first kappa shape index (κ1) is 9.36. The first-order chi connectivity index (χ1) is 5.77. The van der Waals surface area contributed by atoms with Crippen LogP contribution in [0.4, 0.5) is 0 Å². The lowest BCUT2D eigenvalue weighted by Crippen LogP contribution is -2.42. The topological polar surface area (TPSA) is 36.4 Å². The SMILES string of the molecule is CCNC(=NC)NC(C)C1CC1. The molecule has 2 N–H and O–H groups in total. The van der Waals surface area contributed by atoms with E-state index in [4.69, 9.17) is 0 Å². The highest BCUT2D eigenvalue weighted by molar-refractivity contribution is 5.79. The smallest absolute Gasteiger partial charge is 0.191 e. The lowest BCUT2D eigenvalue weighted by Gasteiger charge is -2.16. The Morgan fingerprint density at radius 3 is 2.67 bits per heavy atom. The highest BCUT2D eigenvalue weighted by Crippen LogP contribution is 2.32. The Hall–Kier alpha value is -0.730. The van der Waals surface area contributed by atoms with E-state index in [1.165, 1.54) is 12.8 Å². The molecule has 0 saturated heterocycles. The third-order valence-electron chi connectivity index (χ3n) is 2.26. The molecule has 0 aromatic rings. The van der Waals surface area contributed by atoms with E-state index in [9.17, 15) is 0 Å². The van der Waals surface area contributed by atoms with Gasteiger partial charge >= 0.3 is 0 Å². The van der Waals surface area contributed by atoms with Crippen LogP contribution in [0.2, 0.25) is 0 Å². The summed E-state index contributed by atoms with van der Waals surface area (Å²) in [7, 11) is 1.81. The van der Waals surface area contributed by atoms with Crippen molar-refractivity contribution in [1.82, 2.24) is 10.6 Å². The first-order valence-corrected chi connectivity index (χ1v) is 4.75. The van der Waals surface area contributed by atoms with Crippen molar-refractivity contribution in [2.45, 2.75) is 32.7 Å². The van der Waals surface area contributed by atoms with Crippen LogP contribution in [-0.4, -0.2) is 25.6 Å². The van der Waals surface area contributed by atoms with Gasteiger partial charge in [-0.05, 0) is 32.6 Å². The molecule has 0 aromatic heterocycles. The van der Waals surface area contributed by atoms with Gasteiger partial charge in [-0.1, -0.05) is 0 Å². The van der Waals surface area contributed by atoms with Gasteiger partial charge in [0, 0.05) is 19.6 Å². The molecule has 1 fully saturated rings. The van der Waals surface area contributed by atoms with Crippen LogP contribution in [0.5, 0.6) is 0 Å². The molecule has 1 atom stereocenters. The monoisotopic (exact) mass is 169 g/mol. The third-order valence-corrected chi connectivity index (χ3v) is 2.26. The molecule has 0 amide bonds. The Labute approximate surface area is 74.6 Å². The van der Waals surface area contributed by atoms with E-state index >= 15 is 0 Å². The number of nitrogens with zero attached hydrogens (tertiary/aromatic N) is 1. The van der Waals surface area contributed by atoms with Gasteiger partial charge in [-0.2, -0.15) is 0 Å². The molecular weight excluding hydrogens is 150 g/mol. The minimum Gasteiger partial charge on any atom is -0.357 e. The van der Waals surface area contributed by atoms with E-state index in [2.05, 4.69) is 29.5 Å². The van der Waals surface area contributed by atoms with Gasteiger partial charge in [0.25, 0.3) is 0 Å². The molecule has 1 rings (SSSR count). The zero-order chi connectivity index (χ0) is 8.97. The third kappa shape index (κ3) is 2.72. The van der Waals surface area contributed by atoms with Crippen LogP contribution in [0, 0.1) is 5.92 Å². The minimum atomic E-state index is 0.572. The zero-order valence-electron chi connectivity index (χ0n) is 8.22. The van der Waals surface area contributed by atoms with Crippen LogP contribution < -0.4 is 10.6 Å². The van der Waals surface area contributed by atoms with E-state index in [1.54, 1.807) is 0 Å². The molecule has 1 saturated carbocycles. The predicted molar refractivity (Wildman–Crippen MR) is 52.4 cm³/mol. The lowest BCUT2D eigenvalue weighted by atomic mass is 10.2. The molecule has 0 radical (unpaired) electrons. The van der Waals surface area contributed by atoms with E-state index in [1.807, 2.05) is 7.05 Å². The standard InChI is InChI=1S/C9H19N3/c1-4-11-9(10-3)12-7(2)8-5-6-8/h7-8H,4-6H2,1-3H3,(H2,10,11,12). The number of guanidine groups is 1. The summed E-state index contributed by atoms with van der Waals surface area (Å²) in [5.41, 5.74) is 0. The highest BCUT2D eigenvalue weighted by Gasteiger charge is 2.28. The fraction of sp³-hybridized carbons (Fsp3) is 0.889. The normalized spacial score (nSPS) is 20.4. The van der Waals surface area contributed by atoms with Gasteiger partial charge < -0.3 is 10.6 Å². The van der Waals surface area contributed by atoms with Crippen molar-refractivity contribution >= 4 is 5.96 Å². The Morgan fingerprint density at radius 1 is 1.58 bits per heavy atom. The van der Waals surface area contributed by atoms with Gasteiger partial charge in [-0.3, -0.25) is 4.99 Å². The quantitative estimate of drug-likeness (QED) is 0.488. The molecule has 0 bridgehead atoms. The second kappa shape index (κ2) is 4.33. The molecule has 0 heterocycles. The van der Waals surface area contributed by atoms with E-state index in [0.717, 1.165) is 18.4 Å². The maximum atomic E-state index is 4.12. The largest absolute Gasteiger partial charge is 0.357 e. The molecule has 0 aromatic carbocycles. The maximum absolute atomic E-state index is 4.12. The molecule has 0 aliphatic heterocycles. The predicted octanol–water partition coefficient (Wildman–Crippen LogP) is 0.970. The average molecular weight is 169 g/mol. The second-order valence-corrected chi connectivity index (χ2v) is 3.37. The molecule has 3 nitrogen and oxygen atoms in total. The molecule has 70 valence electrons. The number of rotatable bonds is 3. The summed E-state index contributed by atoms with van der Waals surface area (Å²) in [5, 5.41) is 6.55. The average Bonchev–Trinajstić information content (AvgIpc) is 2.85. The number of hydrogen-bond donors (Lipinski definition) is 2. The molecule has 12 heavy (non-hydrogen) atoms. The van der Waals surface area contributed by atoms with Crippen LogP contribution in [0.1, 0.15) is 26.7 Å². The van der Waals surface area contributed by atoms with Crippen molar-refractivity contribution in [2.24, 2.45) is 10.9 Å². The number of nitrogens with one attached hydrogen (secondary N) is 2. The summed E-state index contributed by atoms with van der Waals surface area (Å²) in [5.74, 6) is 1.80. The van der Waals surface area contributed by atoms with E-state index < -0.39 is 0 Å². The van der Waals surface area contributed by atoms with Crippen molar-refractivity contribution in [3.63, 3.8) is 0 Å². The first-order valence-electron chi connectivity index (χ1n) is 4.75. The summed E-state index contributed by atoms with van der Waals surface area (Å²) >= 11 is 0. The van der Waals surface area contributed by atoms with Crippen LogP contribution in [0.25, 0.3) is 0 Å². The Morgan fingerprint density at radius 2 is 2.25 bits per heavy atom. The van der Waals surface area contributed by atoms with Crippen molar-refractivity contribution in [1.29, 1.82) is 0 Å². The zero-order valence-corrected chi connectivity index (χ0v) is 8.22. The van der Waals surface area contributed by atoms with Gasteiger partial charge in [0.05, 0.1) is 0 Å². The summed E-state index contributed by atoms with van der Waals surface area (Å²) < 4.78 is 0. The van der Waals surface area contributed by atoms with Crippen molar-refractivity contribution in [2.75, 3.05) is 13.6 Å². The Balaban J connectivity index is 2.25. The minimum absolute atomic E-state index is 0.572. The fourth-order valence-electron chi connectivity index (χ4n) is 1.29. The fourth-order valence-corrected chi connectivity index (χ4v) is 1.29. The highest BCUT2D eigenvalue weighted by atomic mass is 15.2. The molecule has 1 aliphatic carbocycles. The molecule has 0 spiro atoms. The van der Waals surface area contributed by atoms with Crippen molar-refractivity contribution in [3.8, 4) is 0 Å². The summed E-state index contributed by atoms with van der Waals surface area (Å²) in [4.78, 5) is 4.12. The number of hydrogen-bond acceptors (Lipinski definition) is 1. The Kier molecular flexibility index (Phi) is 3.38. The second-order valence-electron chi connectivity index (χ2n) is 3.37. The van der Waals surface area contributed by atoms with E-state index in [0.29, 0.717) is 6.04 Å². The van der Waals surface area contributed by atoms with Gasteiger partial charge in [-0.15, -0.1) is 0 Å².